The smallest absolute Gasteiger partial charge is 0.323 e. The highest BCUT2D eigenvalue weighted by molar-refractivity contribution is 5.75. The molecule has 130 valence electrons. The van der Waals surface area contributed by atoms with Gasteiger partial charge >= 0.3 is 11.9 Å². The first kappa shape index (κ1) is 20.9. The van der Waals surface area contributed by atoms with Gasteiger partial charge in [-0.25, -0.2) is 0 Å². The van der Waals surface area contributed by atoms with Crippen LogP contribution in [0.3, 0.4) is 0 Å². The zero-order valence-electron chi connectivity index (χ0n) is 14.5. The predicted molar refractivity (Wildman–Crippen MR) is 87.7 cm³/mol. The van der Waals surface area contributed by atoms with E-state index in [0.717, 1.165) is 51.5 Å². The fourth-order valence-electron chi connectivity index (χ4n) is 2.20. The summed E-state index contributed by atoms with van der Waals surface area (Å²) < 4.78 is 10.00. The maximum absolute atomic E-state index is 11.9. The van der Waals surface area contributed by atoms with Crippen LogP contribution in [0.15, 0.2) is 0 Å². The van der Waals surface area contributed by atoms with Gasteiger partial charge < -0.3 is 14.8 Å². The summed E-state index contributed by atoms with van der Waals surface area (Å²) in [5.74, 6) is -0.266. The van der Waals surface area contributed by atoms with Crippen molar-refractivity contribution in [2.75, 3.05) is 19.8 Å². The minimum Gasteiger partial charge on any atom is -0.466 e. The Hall–Kier alpha value is -1.10. The molecule has 22 heavy (non-hydrogen) atoms. The second kappa shape index (κ2) is 14.8. The van der Waals surface area contributed by atoms with Gasteiger partial charge in [-0.1, -0.05) is 32.6 Å². The zero-order valence-corrected chi connectivity index (χ0v) is 14.5. The number of carbonyl (C=O) groups excluding carboxylic acids is 2. The van der Waals surface area contributed by atoms with Crippen molar-refractivity contribution in [1.82, 2.24) is 5.32 Å². The van der Waals surface area contributed by atoms with Crippen LogP contribution in [0.2, 0.25) is 0 Å². The first-order valence-corrected chi connectivity index (χ1v) is 8.71. The van der Waals surface area contributed by atoms with Crippen LogP contribution in [-0.4, -0.2) is 37.7 Å². The number of carbonyl (C=O) groups is 2. The summed E-state index contributed by atoms with van der Waals surface area (Å²) in [5, 5.41) is 3.28. The van der Waals surface area contributed by atoms with Crippen LogP contribution in [0, 0.1) is 0 Å². The Bertz CT molecular complexity index is 294. The SMILES string of the molecule is CCCCNC(CCCCCCC(=O)OCC)C(=O)OCC. The van der Waals surface area contributed by atoms with E-state index in [1.807, 2.05) is 13.8 Å². The van der Waals surface area contributed by atoms with Gasteiger partial charge in [-0.2, -0.15) is 0 Å². The van der Waals surface area contributed by atoms with Gasteiger partial charge in [0.15, 0.2) is 0 Å². The van der Waals surface area contributed by atoms with Crippen LogP contribution >= 0.6 is 0 Å². The first-order chi connectivity index (χ1) is 10.7. The molecular formula is C17H33NO4. The van der Waals surface area contributed by atoms with Crippen molar-refractivity contribution in [1.29, 1.82) is 0 Å². The quantitative estimate of drug-likeness (QED) is 0.394. The fraction of sp³-hybridized carbons (Fsp3) is 0.882. The number of hydrogen-bond acceptors (Lipinski definition) is 5. The van der Waals surface area contributed by atoms with E-state index in [0.29, 0.717) is 19.6 Å². The lowest BCUT2D eigenvalue weighted by Gasteiger charge is -2.17. The molecule has 5 nitrogen and oxygen atoms in total. The Kier molecular flexibility index (Phi) is 14.1. The molecule has 0 bridgehead atoms. The summed E-state index contributed by atoms with van der Waals surface area (Å²) in [5.41, 5.74) is 0. The molecule has 0 aliphatic heterocycles. The molecule has 1 N–H and O–H groups in total. The third-order valence-corrected chi connectivity index (χ3v) is 3.42. The number of nitrogens with one attached hydrogen (secondary N) is 1. The molecule has 0 spiro atoms. The van der Waals surface area contributed by atoms with E-state index < -0.39 is 0 Å². The highest BCUT2D eigenvalue weighted by Crippen LogP contribution is 2.09. The van der Waals surface area contributed by atoms with E-state index in [1.165, 1.54) is 0 Å². The Morgan fingerprint density at radius 3 is 2.23 bits per heavy atom. The van der Waals surface area contributed by atoms with Gasteiger partial charge in [0.1, 0.15) is 6.04 Å². The standard InChI is InChI=1S/C17H33NO4/c1-4-7-14-18-15(17(20)22-6-3)12-10-8-9-11-13-16(19)21-5-2/h15,18H,4-14H2,1-3H3. The molecule has 1 atom stereocenters. The molecule has 0 aliphatic carbocycles. The predicted octanol–water partition coefficient (Wildman–Crippen LogP) is 3.21. The molecule has 1 unspecified atom stereocenters. The molecule has 0 amide bonds. The lowest BCUT2D eigenvalue weighted by atomic mass is 10.1. The summed E-state index contributed by atoms with van der Waals surface area (Å²) in [6.07, 6.45) is 7.28. The molecule has 0 aliphatic rings. The molecule has 0 saturated heterocycles. The van der Waals surface area contributed by atoms with Gasteiger partial charge in [0.2, 0.25) is 0 Å². The minimum absolute atomic E-state index is 0.117. The number of esters is 2. The third kappa shape index (κ3) is 11.5. The number of ether oxygens (including phenoxy) is 2. The molecule has 0 saturated carbocycles. The van der Waals surface area contributed by atoms with Gasteiger partial charge in [-0.05, 0) is 39.7 Å². The third-order valence-electron chi connectivity index (χ3n) is 3.42. The van der Waals surface area contributed by atoms with Crippen LogP contribution in [-0.2, 0) is 19.1 Å². The summed E-state index contributed by atoms with van der Waals surface area (Å²) in [6, 6.07) is -0.198. The van der Waals surface area contributed by atoms with Crippen LogP contribution < -0.4 is 5.32 Å². The van der Waals surface area contributed by atoms with Crippen LogP contribution in [0.4, 0.5) is 0 Å². The van der Waals surface area contributed by atoms with Crippen LogP contribution in [0.25, 0.3) is 0 Å². The van der Waals surface area contributed by atoms with E-state index in [-0.39, 0.29) is 18.0 Å². The van der Waals surface area contributed by atoms with Crippen molar-refractivity contribution in [2.45, 2.75) is 78.2 Å². The Balaban J connectivity index is 3.82. The van der Waals surface area contributed by atoms with Gasteiger partial charge in [-0.3, -0.25) is 9.59 Å². The summed E-state index contributed by atoms with van der Waals surface area (Å²) in [6.45, 7) is 7.50. The lowest BCUT2D eigenvalue weighted by Crippen LogP contribution is -2.38. The van der Waals surface area contributed by atoms with E-state index in [9.17, 15) is 9.59 Å². The van der Waals surface area contributed by atoms with Gasteiger partial charge in [0.25, 0.3) is 0 Å². The molecule has 0 aromatic carbocycles. The Morgan fingerprint density at radius 2 is 1.59 bits per heavy atom. The second-order valence-electron chi connectivity index (χ2n) is 5.37. The molecular weight excluding hydrogens is 282 g/mol. The molecule has 0 heterocycles. The van der Waals surface area contributed by atoms with Gasteiger partial charge in [-0.15, -0.1) is 0 Å². The Morgan fingerprint density at radius 1 is 0.909 bits per heavy atom. The molecule has 0 aromatic heterocycles. The maximum atomic E-state index is 11.9. The molecule has 0 rings (SSSR count). The summed E-state index contributed by atoms with van der Waals surface area (Å²) in [7, 11) is 0. The van der Waals surface area contributed by atoms with Crippen LogP contribution in [0.1, 0.15) is 72.1 Å². The molecule has 0 radical (unpaired) electrons. The average molecular weight is 315 g/mol. The summed E-state index contributed by atoms with van der Waals surface area (Å²) >= 11 is 0. The maximum Gasteiger partial charge on any atom is 0.323 e. The molecule has 0 aromatic rings. The van der Waals surface area contributed by atoms with Crippen molar-refractivity contribution < 1.29 is 19.1 Å². The Labute approximate surface area is 135 Å². The van der Waals surface area contributed by atoms with E-state index >= 15 is 0 Å². The van der Waals surface area contributed by atoms with Crippen molar-refractivity contribution in [3.63, 3.8) is 0 Å². The number of hydrogen-bond donors (Lipinski definition) is 1. The lowest BCUT2D eigenvalue weighted by molar-refractivity contribution is -0.146. The average Bonchev–Trinajstić information content (AvgIpc) is 2.49. The minimum atomic E-state index is -0.198. The fourth-order valence-corrected chi connectivity index (χ4v) is 2.20. The summed E-state index contributed by atoms with van der Waals surface area (Å²) in [4.78, 5) is 23.1. The van der Waals surface area contributed by atoms with Crippen LogP contribution in [0.5, 0.6) is 0 Å². The van der Waals surface area contributed by atoms with E-state index in [2.05, 4.69) is 12.2 Å². The number of rotatable bonds is 14. The van der Waals surface area contributed by atoms with E-state index in [1.54, 1.807) is 0 Å². The second-order valence-corrected chi connectivity index (χ2v) is 5.37. The monoisotopic (exact) mass is 315 g/mol. The van der Waals surface area contributed by atoms with Gasteiger partial charge in [0.05, 0.1) is 13.2 Å². The molecule has 5 heteroatoms. The van der Waals surface area contributed by atoms with Crippen molar-refractivity contribution in [3.8, 4) is 0 Å². The topological polar surface area (TPSA) is 64.6 Å². The van der Waals surface area contributed by atoms with Crippen molar-refractivity contribution in [3.05, 3.63) is 0 Å². The highest BCUT2D eigenvalue weighted by Gasteiger charge is 2.18. The zero-order chi connectivity index (χ0) is 16.6. The normalized spacial score (nSPS) is 12.0. The van der Waals surface area contributed by atoms with E-state index in [4.69, 9.17) is 9.47 Å². The van der Waals surface area contributed by atoms with Crippen molar-refractivity contribution in [2.24, 2.45) is 0 Å². The highest BCUT2D eigenvalue weighted by atomic mass is 16.5. The number of unbranched alkanes of at least 4 members (excludes halogenated alkanes) is 4. The largest absolute Gasteiger partial charge is 0.466 e. The van der Waals surface area contributed by atoms with Gasteiger partial charge in [0, 0.05) is 6.42 Å². The first-order valence-electron chi connectivity index (χ1n) is 8.71. The van der Waals surface area contributed by atoms with Crippen molar-refractivity contribution >= 4 is 11.9 Å². The molecule has 0 fully saturated rings.